The molecule has 2 rings (SSSR count). The van der Waals surface area contributed by atoms with Gasteiger partial charge in [-0.05, 0) is 24.8 Å². The molecule has 24 heavy (non-hydrogen) atoms. The number of rotatable bonds is 7. The highest BCUT2D eigenvalue weighted by Gasteiger charge is 2.28. The summed E-state index contributed by atoms with van der Waals surface area (Å²) in [5, 5.41) is 17.9. The minimum Gasteiger partial charge on any atom is -0.280 e. The Balaban J connectivity index is 2.35. The second kappa shape index (κ2) is 7.00. The summed E-state index contributed by atoms with van der Waals surface area (Å²) in [6, 6.07) is 5.75. The second-order valence-electron chi connectivity index (χ2n) is 5.68. The molecule has 0 fully saturated rings. The fourth-order valence-corrected chi connectivity index (χ4v) is 3.94. The Hall–Kier alpha value is -2.42. The molecule has 1 atom stereocenters. The number of anilines is 1. The van der Waals surface area contributed by atoms with Gasteiger partial charge in [0, 0.05) is 17.8 Å². The van der Waals surface area contributed by atoms with Gasteiger partial charge in [-0.25, -0.2) is 8.42 Å². The van der Waals surface area contributed by atoms with Crippen LogP contribution in [-0.4, -0.2) is 23.5 Å². The van der Waals surface area contributed by atoms with Gasteiger partial charge < -0.3 is 0 Å². The number of sulfonamides is 1. The molecule has 9 heteroatoms. The van der Waals surface area contributed by atoms with Gasteiger partial charge >= 0.3 is 0 Å². The number of nitrogens with one attached hydrogen (secondary N) is 2. The van der Waals surface area contributed by atoms with Crippen LogP contribution in [0, 0.1) is 17.0 Å². The molecular weight excluding hydrogens is 332 g/mol. The van der Waals surface area contributed by atoms with Gasteiger partial charge in [0.2, 0.25) is 0 Å². The first kappa shape index (κ1) is 17.9. The third kappa shape index (κ3) is 3.73. The average molecular weight is 352 g/mol. The van der Waals surface area contributed by atoms with Crippen molar-refractivity contribution >= 4 is 21.5 Å². The molecule has 1 aromatic heterocycles. The summed E-state index contributed by atoms with van der Waals surface area (Å²) >= 11 is 0. The van der Waals surface area contributed by atoms with Crippen LogP contribution >= 0.6 is 0 Å². The maximum atomic E-state index is 12.6. The summed E-state index contributed by atoms with van der Waals surface area (Å²) in [4.78, 5) is 10.1. The Bertz CT molecular complexity index is 845. The Morgan fingerprint density at radius 1 is 1.42 bits per heavy atom. The van der Waals surface area contributed by atoms with E-state index in [0.29, 0.717) is 5.56 Å². The number of nitrogens with zero attached hydrogens (tertiary/aromatic N) is 2. The predicted octanol–water partition coefficient (Wildman–Crippen LogP) is 3.33. The normalized spacial score (nSPS) is 12.8. The van der Waals surface area contributed by atoms with E-state index in [1.54, 1.807) is 6.07 Å². The zero-order valence-corrected chi connectivity index (χ0v) is 14.6. The zero-order valence-electron chi connectivity index (χ0n) is 13.7. The van der Waals surface area contributed by atoms with Gasteiger partial charge in [0.1, 0.15) is 0 Å². The summed E-state index contributed by atoms with van der Waals surface area (Å²) < 4.78 is 27.5. The van der Waals surface area contributed by atoms with E-state index in [2.05, 4.69) is 21.8 Å². The van der Waals surface area contributed by atoms with Gasteiger partial charge in [-0.15, -0.1) is 0 Å². The molecule has 0 amide bonds. The van der Waals surface area contributed by atoms with E-state index >= 15 is 0 Å². The molecule has 2 N–H and O–H groups in total. The SMILES string of the molecule is CCCC(C)c1cc(NS(=O)(=O)c2c(C)cccc2[N+](=O)[O-])n[nH]1. The molecule has 0 spiro atoms. The van der Waals surface area contributed by atoms with Crippen LogP contribution in [0.2, 0.25) is 0 Å². The molecule has 1 unspecified atom stereocenters. The molecule has 0 aliphatic heterocycles. The van der Waals surface area contributed by atoms with E-state index in [1.165, 1.54) is 25.1 Å². The molecule has 8 nitrogen and oxygen atoms in total. The van der Waals surface area contributed by atoms with E-state index < -0.39 is 20.6 Å². The van der Waals surface area contributed by atoms with Crippen LogP contribution in [0.5, 0.6) is 0 Å². The van der Waals surface area contributed by atoms with Crippen molar-refractivity contribution in [2.75, 3.05) is 4.72 Å². The minimum absolute atomic E-state index is 0.116. The van der Waals surface area contributed by atoms with E-state index in [4.69, 9.17) is 0 Å². The lowest BCUT2D eigenvalue weighted by atomic mass is 10.0. The highest BCUT2D eigenvalue weighted by Crippen LogP contribution is 2.29. The summed E-state index contributed by atoms with van der Waals surface area (Å²) in [6.07, 6.45) is 1.94. The summed E-state index contributed by atoms with van der Waals surface area (Å²) in [5.41, 5.74) is 0.651. The van der Waals surface area contributed by atoms with Crippen LogP contribution < -0.4 is 4.72 Å². The van der Waals surface area contributed by atoms with Gasteiger partial charge in [-0.2, -0.15) is 5.10 Å². The molecule has 1 aromatic carbocycles. The number of hydrogen-bond acceptors (Lipinski definition) is 5. The highest BCUT2D eigenvalue weighted by atomic mass is 32.2. The molecule has 1 heterocycles. The molecule has 2 aromatic rings. The van der Waals surface area contributed by atoms with Crippen molar-refractivity contribution in [1.82, 2.24) is 10.2 Å². The average Bonchev–Trinajstić information content (AvgIpc) is 2.94. The number of hydrogen-bond donors (Lipinski definition) is 2. The van der Waals surface area contributed by atoms with Crippen LogP contribution in [0.25, 0.3) is 0 Å². The lowest BCUT2D eigenvalue weighted by Crippen LogP contribution is -2.16. The smallest absolute Gasteiger partial charge is 0.280 e. The van der Waals surface area contributed by atoms with Crippen molar-refractivity contribution in [2.45, 2.75) is 44.4 Å². The standard InChI is InChI=1S/C15H20N4O4S/c1-4-6-10(2)12-9-14(17-16-12)18-24(22,23)15-11(3)7-5-8-13(15)19(20)21/h5,7-10H,4,6H2,1-3H3,(H2,16,17,18). The van der Waals surface area contributed by atoms with Crippen LogP contribution in [-0.2, 0) is 10.0 Å². The fraction of sp³-hybridized carbons (Fsp3) is 0.400. The molecular formula is C15H20N4O4S. The number of nitro groups is 1. The van der Waals surface area contributed by atoms with Crippen molar-refractivity contribution in [3.8, 4) is 0 Å². The van der Waals surface area contributed by atoms with E-state index in [0.717, 1.165) is 18.5 Å². The Kier molecular flexibility index (Phi) is 5.23. The third-order valence-electron chi connectivity index (χ3n) is 3.75. The topological polar surface area (TPSA) is 118 Å². The van der Waals surface area contributed by atoms with Crippen molar-refractivity contribution in [1.29, 1.82) is 0 Å². The number of nitro benzene ring substituents is 1. The maximum Gasteiger partial charge on any atom is 0.290 e. The zero-order chi connectivity index (χ0) is 17.9. The first-order valence-corrected chi connectivity index (χ1v) is 9.06. The molecule has 0 saturated heterocycles. The van der Waals surface area contributed by atoms with Crippen LogP contribution in [0.3, 0.4) is 0 Å². The van der Waals surface area contributed by atoms with Crippen molar-refractivity contribution in [3.05, 3.63) is 45.6 Å². The Labute approximate surface area is 140 Å². The molecule has 130 valence electrons. The molecule has 0 saturated carbocycles. The van der Waals surface area contributed by atoms with Crippen molar-refractivity contribution in [3.63, 3.8) is 0 Å². The molecule has 0 aliphatic carbocycles. The van der Waals surface area contributed by atoms with Crippen molar-refractivity contribution in [2.24, 2.45) is 0 Å². The number of benzene rings is 1. The Morgan fingerprint density at radius 2 is 2.12 bits per heavy atom. The van der Waals surface area contributed by atoms with Crippen LogP contribution in [0.15, 0.2) is 29.2 Å². The predicted molar refractivity (Wildman–Crippen MR) is 90.6 cm³/mol. The summed E-state index contributed by atoms with van der Waals surface area (Å²) in [7, 11) is -4.12. The van der Waals surface area contributed by atoms with E-state index in [-0.39, 0.29) is 16.6 Å². The van der Waals surface area contributed by atoms with Gasteiger partial charge in [-0.3, -0.25) is 19.9 Å². The largest absolute Gasteiger partial charge is 0.290 e. The second-order valence-corrected chi connectivity index (χ2v) is 7.30. The lowest BCUT2D eigenvalue weighted by Gasteiger charge is -2.08. The molecule has 0 aliphatic rings. The highest BCUT2D eigenvalue weighted by molar-refractivity contribution is 7.93. The first-order chi connectivity index (χ1) is 11.3. The summed E-state index contributed by atoms with van der Waals surface area (Å²) in [6.45, 7) is 5.59. The number of aromatic nitrogens is 2. The minimum atomic E-state index is -4.12. The quantitative estimate of drug-likeness (QED) is 0.585. The number of H-pyrrole nitrogens is 1. The fourth-order valence-electron chi connectivity index (χ4n) is 2.55. The lowest BCUT2D eigenvalue weighted by molar-refractivity contribution is -0.387. The van der Waals surface area contributed by atoms with Gasteiger partial charge in [0.25, 0.3) is 15.7 Å². The van der Waals surface area contributed by atoms with Gasteiger partial charge in [-0.1, -0.05) is 32.4 Å². The molecule has 0 bridgehead atoms. The monoisotopic (exact) mass is 352 g/mol. The first-order valence-electron chi connectivity index (χ1n) is 7.58. The summed E-state index contributed by atoms with van der Waals surface area (Å²) in [5.74, 6) is 0.332. The van der Waals surface area contributed by atoms with Crippen molar-refractivity contribution < 1.29 is 13.3 Å². The number of aryl methyl sites for hydroxylation is 1. The van der Waals surface area contributed by atoms with Gasteiger partial charge in [0.15, 0.2) is 10.7 Å². The Morgan fingerprint density at radius 3 is 2.75 bits per heavy atom. The maximum absolute atomic E-state index is 12.6. The third-order valence-corrected chi connectivity index (χ3v) is 5.29. The van der Waals surface area contributed by atoms with E-state index in [9.17, 15) is 18.5 Å². The van der Waals surface area contributed by atoms with Crippen LogP contribution in [0.1, 0.15) is 43.9 Å². The van der Waals surface area contributed by atoms with Gasteiger partial charge in [0.05, 0.1) is 4.92 Å². The number of aromatic amines is 1. The van der Waals surface area contributed by atoms with Crippen LogP contribution in [0.4, 0.5) is 11.5 Å². The molecule has 0 radical (unpaired) electrons. The van der Waals surface area contributed by atoms with E-state index in [1.807, 2.05) is 6.92 Å².